The maximum absolute atomic E-state index is 10.5. The van der Waals surface area contributed by atoms with Crippen LogP contribution in [0.15, 0.2) is 12.2 Å². The summed E-state index contributed by atoms with van der Waals surface area (Å²) in [6.45, 7) is 2.10. The molecular formula is C7H10O. The molecular weight excluding hydrogens is 100 g/mol. The molecule has 1 nitrogen and oxygen atoms in total. The van der Waals surface area contributed by atoms with Gasteiger partial charge in [0.25, 0.3) is 0 Å². The van der Waals surface area contributed by atoms with Crippen molar-refractivity contribution < 1.29 is 4.79 Å². The van der Waals surface area contributed by atoms with E-state index in [9.17, 15) is 4.79 Å². The monoisotopic (exact) mass is 110 g/mol. The summed E-state index contributed by atoms with van der Waals surface area (Å²) in [5, 5.41) is 0. The van der Waals surface area contributed by atoms with Crippen molar-refractivity contribution >= 4 is 5.78 Å². The first kappa shape index (κ1) is 5.54. The number of rotatable bonds is 1. The van der Waals surface area contributed by atoms with Crippen molar-refractivity contribution in [2.75, 3.05) is 0 Å². The molecule has 1 aliphatic carbocycles. The van der Waals surface area contributed by atoms with Crippen LogP contribution in [0.5, 0.6) is 0 Å². The minimum atomic E-state index is 0.289. The van der Waals surface area contributed by atoms with Crippen LogP contribution >= 0.6 is 0 Å². The summed E-state index contributed by atoms with van der Waals surface area (Å²) in [7, 11) is 0. The number of allylic oxidation sites excluding steroid dienone is 2. The summed E-state index contributed by atoms with van der Waals surface area (Å²) >= 11 is 0. The highest BCUT2D eigenvalue weighted by molar-refractivity contribution is 5.92. The molecule has 0 amide bonds. The molecule has 0 fully saturated rings. The first-order chi connectivity index (χ1) is 3.83. The van der Waals surface area contributed by atoms with Crippen molar-refractivity contribution in [3.63, 3.8) is 0 Å². The molecule has 0 aromatic rings. The second-order valence-electron chi connectivity index (χ2n) is 2.20. The summed E-state index contributed by atoms with van der Waals surface area (Å²) < 4.78 is 0. The molecule has 1 aliphatic rings. The third-order valence-electron chi connectivity index (χ3n) is 1.54. The smallest absolute Gasteiger partial charge is 0.155 e. The zero-order valence-corrected chi connectivity index (χ0v) is 5.05. The van der Waals surface area contributed by atoms with Gasteiger partial charge in [0.15, 0.2) is 5.78 Å². The molecule has 44 valence electrons. The molecule has 8 heavy (non-hydrogen) atoms. The SMILES string of the molecule is CCC1C=CC(=O)C1. The Bertz CT molecular complexity index is 124. The normalized spacial score (nSPS) is 27.1. The van der Waals surface area contributed by atoms with Crippen LogP contribution in [0.1, 0.15) is 19.8 Å². The van der Waals surface area contributed by atoms with Gasteiger partial charge >= 0.3 is 0 Å². The molecule has 0 bridgehead atoms. The van der Waals surface area contributed by atoms with E-state index in [1.54, 1.807) is 6.08 Å². The number of ketones is 1. The van der Waals surface area contributed by atoms with Crippen LogP contribution in [0.2, 0.25) is 0 Å². The minimum Gasteiger partial charge on any atom is -0.295 e. The molecule has 0 aromatic heterocycles. The van der Waals surface area contributed by atoms with Crippen molar-refractivity contribution in [1.29, 1.82) is 0 Å². The van der Waals surface area contributed by atoms with E-state index in [1.807, 2.05) is 6.08 Å². The summed E-state index contributed by atoms with van der Waals surface area (Å²) in [4.78, 5) is 10.5. The van der Waals surface area contributed by atoms with E-state index in [1.165, 1.54) is 0 Å². The molecule has 1 rings (SSSR count). The highest BCUT2D eigenvalue weighted by Crippen LogP contribution is 2.16. The fourth-order valence-electron chi connectivity index (χ4n) is 0.918. The Balaban J connectivity index is 2.46. The molecule has 0 heterocycles. The molecule has 1 heteroatoms. The Labute approximate surface area is 49.4 Å². The maximum Gasteiger partial charge on any atom is 0.155 e. The van der Waals surface area contributed by atoms with E-state index < -0.39 is 0 Å². The van der Waals surface area contributed by atoms with Gasteiger partial charge in [-0.25, -0.2) is 0 Å². The largest absolute Gasteiger partial charge is 0.295 e. The molecule has 1 atom stereocenters. The summed E-state index contributed by atoms with van der Waals surface area (Å²) in [5.74, 6) is 0.833. The van der Waals surface area contributed by atoms with Crippen molar-refractivity contribution in [2.45, 2.75) is 19.8 Å². The predicted octanol–water partition coefficient (Wildman–Crippen LogP) is 1.54. The van der Waals surface area contributed by atoms with Crippen LogP contribution in [0.4, 0.5) is 0 Å². The van der Waals surface area contributed by atoms with Gasteiger partial charge in [-0.1, -0.05) is 13.0 Å². The summed E-state index contributed by atoms with van der Waals surface area (Å²) in [6.07, 6.45) is 5.54. The third kappa shape index (κ3) is 0.971. The van der Waals surface area contributed by atoms with Crippen LogP contribution < -0.4 is 0 Å². The average molecular weight is 110 g/mol. The van der Waals surface area contributed by atoms with E-state index in [0.717, 1.165) is 12.8 Å². The number of hydrogen-bond donors (Lipinski definition) is 0. The lowest BCUT2D eigenvalue weighted by Gasteiger charge is -1.96. The summed E-state index contributed by atoms with van der Waals surface area (Å²) in [6, 6.07) is 0. The Morgan fingerprint density at radius 3 is 2.88 bits per heavy atom. The molecule has 0 spiro atoms. The average Bonchev–Trinajstić information content (AvgIpc) is 2.14. The van der Waals surface area contributed by atoms with E-state index >= 15 is 0 Å². The van der Waals surface area contributed by atoms with Gasteiger partial charge in [0.1, 0.15) is 0 Å². The quantitative estimate of drug-likeness (QED) is 0.500. The van der Waals surface area contributed by atoms with Crippen molar-refractivity contribution in [3.05, 3.63) is 12.2 Å². The number of carbonyl (C=O) groups is 1. The lowest BCUT2D eigenvalue weighted by Crippen LogP contribution is -1.92. The Kier molecular flexibility index (Phi) is 1.47. The van der Waals surface area contributed by atoms with Gasteiger partial charge in [-0.05, 0) is 18.4 Å². The zero-order valence-electron chi connectivity index (χ0n) is 5.05. The maximum atomic E-state index is 10.5. The van der Waals surface area contributed by atoms with Gasteiger partial charge in [-0.3, -0.25) is 4.79 Å². The standard InChI is InChI=1S/C7H10O/c1-2-6-3-4-7(8)5-6/h3-4,6H,2,5H2,1H3. The first-order valence-corrected chi connectivity index (χ1v) is 3.04. The van der Waals surface area contributed by atoms with E-state index in [-0.39, 0.29) is 5.78 Å². The Morgan fingerprint density at radius 2 is 2.62 bits per heavy atom. The van der Waals surface area contributed by atoms with Gasteiger partial charge < -0.3 is 0 Å². The van der Waals surface area contributed by atoms with Crippen molar-refractivity contribution in [3.8, 4) is 0 Å². The minimum absolute atomic E-state index is 0.289. The Hall–Kier alpha value is -0.590. The van der Waals surface area contributed by atoms with Crippen LogP contribution in [0, 0.1) is 5.92 Å². The highest BCUT2D eigenvalue weighted by Gasteiger charge is 2.12. The molecule has 0 aromatic carbocycles. The lowest BCUT2D eigenvalue weighted by molar-refractivity contribution is -0.114. The molecule has 0 saturated carbocycles. The second kappa shape index (κ2) is 2.12. The van der Waals surface area contributed by atoms with E-state index in [2.05, 4.69) is 6.92 Å². The fraction of sp³-hybridized carbons (Fsp3) is 0.571. The summed E-state index contributed by atoms with van der Waals surface area (Å²) in [5.41, 5.74) is 0. The van der Waals surface area contributed by atoms with Gasteiger partial charge in [0, 0.05) is 6.42 Å². The molecule has 0 radical (unpaired) electrons. The van der Waals surface area contributed by atoms with Gasteiger partial charge in [-0.2, -0.15) is 0 Å². The predicted molar refractivity (Wildman–Crippen MR) is 32.5 cm³/mol. The first-order valence-electron chi connectivity index (χ1n) is 3.04. The van der Waals surface area contributed by atoms with Gasteiger partial charge in [-0.15, -0.1) is 0 Å². The zero-order chi connectivity index (χ0) is 5.98. The van der Waals surface area contributed by atoms with Crippen molar-refractivity contribution in [2.24, 2.45) is 5.92 Å². The fourth-order valence-corrected chi connectivity index (χ4v) is 0.918. The molecule has 1 unspecified atom stereocenters. The third-order valence-corrected chi connectivity index (χ3v) is 1.54. The highest BCUT2D eigenvalue weighted by atomic mass is 16.1. The second-order valence-corrected chi connectivity index (χ2v) is 2.20. The topological polar surface area (TPSA) is 17.1 Å². The molecule has 0 saturated heterocycles. The Morgan fingerprint density at radius 1 is 1.88 bits per heavy atom. The van der Waals surface area contributed by atoms with Crippen LogP contribution in [0.25, 0.3) is 0 Å². The van der Waals surface area contributed by atoms with Gasteiger partial charge in [0.05, 0.1) is 0 Å². The van der Waals surface area contributed by atoms with E-state index in [0.29, 0.717) is 5.92 Å². The number of hydrogen-bond acceptors (Lipinski definition) is 1. The van der Waals surface area contributed by atoms with Crippen LogP contribution in [0.3, 0.4) is 0 Å². The van der Waals surface area contributed by atoms with Gasteiger partial charge in [0.2, 0.25) is 0 Å². The molecule has 0 N–H and O–H groups in total. The van der Waals surface area contributed by atoms with Crippen LogP contribution in [-0.2, 0) is 4.79 Å². The van der Waals surface area contributed by atoms with E-state index in [4.69, 9.17) is 0 Å². The van der Waals surface area contributed by atoms with Crippen molar-refractivity contribution in [1.82, 2.24) is 0 Å². The molecule has 0 aliphatic heterocycles. The van der Waals surface area contributed by atoms with Crippen LogP contribution in [-0.4, -0.2) is 5.78 Å². The number of carbonyl (C=O) groups excluding carboxylic acids is 1. The lowest BCUT2D eigenvalue weighted by atomic mass is 10.1.